The first-order valence-corrected chi connectivity index (χ1v) is 12.8. The van der Waals surface area contributed by atoms with Crippen LogP contribution in [0.5, 0.6) is 0 Å². The molecule has 2 aromatic rings. The first-order chi connectivity index (χ1) is 18.4. The summed E-state index contributed by atoms with van der Waals surface area (Å²) in [6.45, 7) is 16.1. The van der Waals surface area contributed by atoms with Gasteiger partial charge in [0.1, 0.15) is 17.9 Å². The fourth-order valence-corrected chi connectivity index (χ4v) is 4.32. The third kappa shape index (κ3) is 7.68. The molecule has 0 aliphatic carbocycles. The van der Waals surface area contributed by atoms with Gasteiger partial charge in [-0.2, -0.15) is 0 Å². The van der Waals surface area contributed by atoms with Crippen molar-refractivity contribution in [3.05, 3.63) is 102 Å². The lowest BCUT2D eigenvalue weighted by Crippen LogP contribution is -2.35. The van der Waals surface area contributed by atoms with Crippen molar-refractivity contribution in [3.8, 4) is 0 Å². The van der Waals surface area contributed by atoms with Gasteiger partial charge in [-0.25, -0.2) is 0 Å². The van der Waals surface area contributed by atoms with Crippen LogP contribution in [-0.2, 0) is 27.4 Å². The zero-order valence-electron chi connectivity index (χ0n) is 22.4. The first kappa shape index (κ1) is 28.9. The number of hydrogen-bond acceptors (Lipinski definition) is 6. The highest BCUT2D eigenvalue weighted by Crippen LogP contribution is 2.32. The van der Waals surface area contributed by atoms with Crippen LogP contribution in [-0.4, -0.2) is 48.8 Å². The molecule has 1 aliphatic rings. The van der Waals surface area contributed by atoms with E-state index in [9.17, 15) is 9.90 Å². The summed E-state index contributed by atoms with van der Waals surface area (Å²) in [5.41, 5.74) is 12.0. The van der Waals surface area contributed by atoms with Crippen LogP contribution < -0.4 is 5.73 Å². The number of allylic oxidation sites excluding steroid dienone is 6. The maximum Gasteiger partial charge on any atom is 0.307 e. The Morgan fingerprint density at radius 1 is 1.18 bits per heavy atom. The summed E-state index contributed by atoms with van der Waals surface area (Å²) in [6, 6.07) is 4.26. The molecule has 1 saturated heterocycles. The highest BCUT2D eigenvalue weighted by atomic mass is 16.5. The maximum atomic E-state index is 11.3. The number of rotatable bonds is 13. The molecule has 1 aliphatic heterocycles. The van der Waals surface area contributed by atoms with E-state index >= 15 is 0 Å². The van der Waals surface area contributed by atoms with Crippen molar-refractivity contribution >= 4 is 22.5 Å². The minimum Gasteiger partial charge on any atom is -0.488 e. The van der Waals surface area contributed by atoms with Crippen molar-refractivity contribution in [3.63, 3.8) is 0 Å². The van der Waals surface area contributed by atoms with Crippen LogP contribution in [0.25, 0.3) is 16.5 Å². The van der Waals surface area contributed by atoms with Crippen LogP contribution >= 0.6 is 0 Å². The number of nitrogens with two attached hydrogens (primary N) is 1. The van der Waals surface area contributed by atoms with Gasteiger partial charge in [0.15, 0.2) is 0 Å². The van der Waals surface area contributed by atoms with E-state index in [2.05, 4.69) is 30.2 Å². The smallest absolute Gasteiger partial charge is 0.307 e. The Kier molecular flexibility index (Phi) is 10.9. The lowest BCUT2D eigenvalue weighted by atomic mass is 9.97. The molecule has 7 heteroatoms. The number of hydrogen-bond donors (Lipinski definition) is 2. The minimum atomic E-state index is -0.945. The number of morpholine rings is 1. The van der Waals surface area contributed by atoms with Crippen LogP contribution in [0.1, 0.15) is 37.0 Å². The molecule has 3 rings (SSSR count). The highest BCUT2D eigenvalue weighted by molar-refractivity contribution is 5.90. The molecule has 0 spiro atoms. The van der Waals surface area contributed by atoms with Crippen LogP contribution in [0.3, 0.4) is 0 Å². The van der Waals surface area contributed by atoms with Gasteiger partial charge in [-0.1, -0.05) is 43.5 Å². The number of aliphatic carboxylic acids is 1. The third-order valence-electron chi connectivity index (χ3n) is 6.24. The number of benzene rings is 1. The summed E-state index contributed by atoms with van der Waals surface area (Å²) in [4.78, 5) is 13.7. The summed E-state index contributed by atoms with van der Waals surface area (Å²) in [5, 5.41) is 10.2. The summed E-state index contributed by atoms with van der Waals surface area (Å²) >= 11 is 0. The molecule has 202 valence electrons. The van der Waals surface area contributed by atoms with E-state index in [0.29, 0.717) is 31.1 Å². The number of carboxylic acids is 1. The fourth-order valence-electron chi connectivity index (χ4n) is 4.32. The summed E-state index contributed by atoms with van der Waals surface area (Å²) in [6.07, 6.45) is 12.7. The predicted octanol–water partition coefficient (Wildman–Crippen LogP) is 5.75. The molecule has 0 saturated carbocycles. The Bertz CT molecular complexity index is 1270. The molecule has 1 aromatic carbocycles. The molecule has 2 heterocycles. The number of nitrogens with zero attached hydrogens (tertiary/aromatic N) is 1. The molecule has 1 aromatic heterocycles. The standard InChI is InChI=1S/C31H38N2O5/c1-5-8-24(14-22(4)18-32)25-15-26(19-33-10-12-36-13-11-33)31-28(16-25)27(21-38-31)20-37-29(9-6-2)23(7-3)17-30(34)35/h5-9,14-16,21H,3-4,10-13,17-20,32H2,1-2H3,(H,34,35)/b8-5-,9-6-,24-14+,29-23-. The van der Waals surface area contributed by atoms with Crippen LogP contribution in [0.2, 0.25) is 0 Å². The molecular weight excluding hydrogens is 480 g/mol. The van der Waals surface area contributed by atoms with Crippen molar-refractivity contribution in [1.29, 1.82) is 0 Å². The van der Waals surface area contributed by atoms with E-state index in [4.69, 9.17) is 19.6 Å². The zero-order valence-corrected chi connectivity index (χ0v) is 22.4. The van der Waals surface area contributed by atoms with Gasteiger partial charge in [0.05, 0.1) is 25.9 Å². The molecule has 3 N–H and O–H groups in total. The van der Waals surface area contributed by atoms with Crippen molar-refractivity contribution in [1.82, 2.24) is 4.90 Å². The molecular formula is C31H38N2O5. The topological polar surface area (TPSA) is 98.2 Å². The van der Waals surface area contributed by atoms with Crippen LogP contribution in [0.15, 0.2) is 89.3 Å². The normalized spacial score (nSPS) is 15.8. The second kappa shape index (κ2) is 14.3. The SMILES string of the molecule is C=C/C(CC(=O)O)=C(\C=C/C)OCc1coc2c(CN3CCOCC3)cc(C(/C=C\C)=C/C(=C)CN)cc12. The first-order valence-electron chi connectivity index (χ1n) is 12.8. The van der Waals surface area contributed by atoms with Crippen LogP contribution in [0.4, 0.5) is 0 Å². The summed E-state index contributed by atoms with van der Waals surface area (Å²) in [5.74, 6) is -0.475. The van der Waals surface area contributed by atoms with Gasteiger partial charge in [-0.15, -0.1) is 0 Å². The Morgan fingerprint density at radius 2 is 1.92 bits per heavy atom. The maximum absolute atomic E-state index is 11.3. The van der Waals surface area contributed by atoms with Gasteiger partial charge in [-0.3, -0.25) is 9.69 Å². The minimum absolute atomic E-state index is 0.175. The molecule has 0 radical (unpaired) electrons. The fraction of sp³-hybridized carbons (Fsp3) is 0.323. The average molecular weight is 519 g/mol. The van der Waals surface area contributed by atoms with E-state index in [1.165, 1.54) is 6.08 Å². The molecule has 0 unspecified atom stereocenters. The van der Waals surface area contributed by atoms with Gasteiger partial charge in [0.2, 0.25) is 0 Å². The molecule has 38 heavy (non-hydrogen) atoms. The van der Waals surface area contributed by atoms with E-state index in [1.807, 2.05) is 38.2 Å². The largest absolute Gasteiger partial charge is 0.488 e. The van der Waals surface area contributed by atoms with Crippen molar-refractivity contribution in [2.45, 2.75) is 33.4 Å². The average Bonchev–Trinajstić information content (AvgIpc) is 3.33. The van der Waals surface area contributed by atoms with E-state index in [0.717, 1.165) is 58.4 Å². The molecule has 1 fully saturated rings. The predicted molar refractivity (Wildman–Crippen MR) is 152 cm³/mol. The quantitative estimate of drug-likeness (QED) is 0.257. The lowest BCUT2D eigenvalue weighted by molar-refractivity contribution is -0.136. The van der Waals surface area contributed by atoms with Gasteiger partial charge >= 0.3 is 5.97 Å². The molecule has 0 amide bonds. The Hall–Kier alpha value is -3.65. The van der Waals surface area contributed by atoms with E-state index < -0.39 is 5.97 Å². The second-order valence-electron chi connectivity index (χ2n) is 9.08. The van der Waals surface area contributed by atoms with Gasteiger partial charge in [0.25, 0.3) is 0 Å². The second-order valence-corrected chi connectivity index (χ2v) is 9.08. The Balaban J connectivity index is 2.07. The number of carboxylic acid groups (broad SMARTS) is 1. The van der Waals surface area contributed by atoms with Crippen LogP contribution in [0, 0.1) is 0 Å². The Morgan fingerprint density at radius 3 is 2.55 bits per heavy atom. The van der Waals surface area contributed by atoms with Crippen molar-refractivity contribution in [2.75, 3.05) is 32.8 Å². The van der Waals surface area contributed by atoms with E-state index in [-0.39, 0.29) is 13.0 Å². The van der Waals surface area contributed by atoms with Gasteiger partial charge < -0.3 is 24.7 Å². The number of furan rings is 1. The van der Waals surface area contributed by atoms with E-state index in [1.54, 1.807) is 12.3 Å². The van der Waals surface area contributed by atoms with Crippen molar-refractivity contribution < 1.29 is 23.8 Å². The number of ether oxygens (including phenoxy) is 2. The summed E-state index contributed by atoms with van der Waals surface area (Å²) in [7, 11) is 0. The van der Waals surface area contributed by atoms with Gasteiger partial charge in [0, 0.05) is 48.3 Å². The number of fused-ring (bicyclic) bond motifs is 1. The Labute approximate surface area is 224 Å². The van der Waals surface area contributed by atoms with Crippen molar-refractivity contribution in [2.24, 2.45) is 5.73 Å². The lowest BCUT2D eigenvalue weighted by Gasteiger charge is -2.26. The monoisotopic (exact) mass is 518 g/mol. The molecule has 0 bridgehead atoms. The summed E-state index contributed by atoms with van der Waals surface area (Å²) < 4.78 is 17.8. The molecule has 7 nitrogen and oxygen atoms in total. The third-order valence-corrected chi connectivity index (χ3v) is 6.24. The van der Waals surface area contributed by atoms with Gasteiger partial charge in [-0.05, 0) is 48.8 Å². The number of carbonyl (C=O) groups is 1. The zero-order chi connectivity index (χ0) is 27.5. The molecule has 0 atom stereocenters. The highest BCUT2D eigenvalue weighted by Gasteiger charge is 2.18.